The molecule has 0 aromatic heterocycles. The molecule has 1 aliphatic carbocycles. The van der Waals surface area contributed by atoms with Crippen LogP contribution in [-0.4, -0.2) is 11.1 Å². The summed E-state index contributed by atoms with van der Waals surface area (Å²) in [6, 6.07) is 14.4. The Morgan fingerprint density at radius 2 is 1.58 bits per heavy atom. The standard InChI is InChI=1S/C16H12ClF3O.C8H7FO2.C6H12/c1-10-5-3-4-6-13(10)11(2)21-15-8-7-12(17)9-14(15)16(18,19)20;1-5-2-3-6(8(10)11)4-7(5)9;1-5-3-4-6(5)2/h3-9H,2H2,1H3;2-4H,1H3,(H,10,11);5-6H,3-4H2,1-2H3. The third-order valence-corrected chi connectivity index (χ3v) is 6.63. The summed E-state index contributed by atoms with van der Waals surface area (Å²) in [5, 5.41) is 8.43. The van der Waals surface area contributed by atoms with Crippen molar-refractivity contribution in [3.8, 4) is 5.75 Å². The number of aromatic carboxylic acids is 1. The Morgan fingerprint density at radius 1 is 0.974 bits per heavy atom. The highest BCUT2D eigenvalue weighted by molar-refractivity contribution is 6.30. The molecule has 0 amide bonds. The molecule has 1 aliphatic rings. The minimum atomic E-state index is -4.55. The van der Waals surface area contributed by atoms with Gasteiger partial charge in [0.15, 0.2) is 0 Å². The quantitative estimate of drug-likeness (QED) is 0.260. The summed E-state index contributed by atoms with van der Waals surface area (Å²) in [5.74, 6) is 0.310. The number of carboxylic acid groups (broad SMARTS) is 1. The molecule has 38 heavy (non-hydrogen) atoms. The van der Waals surface area contributed by atoms with Crippen LogP contribution in [0.1, 0.15) is 59.3 Å². The Balaban J connectivity index is 0.000000246. The van der Waals surface area contributed by atoms with Crippen LogP contribution in [0, 0.1) is 31.5 Å². The van der Waals surface area contributed by atoms with Gasteiger partial charge >= 0.3 is 12.1 Å². The summed E-state index contributed by atoms with van der Waals surface area (Å²) in [6.07, 6.45) is -1.60. The van der Waals surface area contributed by atoms with Crippen molar-refractivity contribution in [3.63, 3.8) is 0 Å². The van der Waals surface area contributed by atoms with Crippen LogP contribution >= 0.6 is 11.6 Å². The average Bonchev–Trinajstić information content (AvgIpc) is 2.86. The predicted molar refractivity (Wildman–Crippen MR) is 143 cm³/mol. The van der Waals surface area contributed by atoms with Crippen LogP contribution in [0.4, 0.5) is 17.6 Å². The molecule has 3 aromatic rings. The maximum absolute atomic E-state index is 13.0. The van der Waals surface area contributed by atoms with Gasteiger partial charge in [-0.3, -0.25) is 0 Å². The molecule has 1 N–H and O–H groups in total. The van der Waals surface area contributed by atoms with Gasteiger partial charge in [-0.15, -0.1) is 0 Å². The summed E-state index contributed by atoms with van der Waals surface area (Å²) < 4.78 is 57.0. The average molecular weight is 551 g/mol. The van der Waals surface area contributed by atoms with Crippen LogP contribution in [0.2, 0.25) is 5.02 Å². The van der Waals surface area contributed by atoms with E-state index in [1.54, 1.807) is 19.1 Å². The highest BCUT2D eigenvalue weighted by Gasteiger charge is 2.35. The van der Waals surface area contributed by atoms with Crippen molar-refractivity contribution in [2.75, 3.05) is 0 Å². The van der Waals surface area contributed by atoms with E-state index in [2.05, 4.69) is 20.4 Å². The number of hydrogen-bond donors (Lipinski definition) is 1. The van der Waals surface area contributed by atoms with Gasteiger partial charge in [0, 0.05) is 10.6 Å². The van der Waals surface area contributed by atoms with E-state index < -0.39 is 23.5 Å². The van der Waals surface area contributed by atoms with Crippen molar-refractivity contribution in [3.05, 3.63) is 106 Å². The van der Waals surface area contributed by atoms with Crippen LogP contribution in [0.25, 0.3) is 5.76 Å². The second-order valence-electron chi connectivity index (χ2n) is 9.28. The topological polar surface area (TPSA) is 46.5 Å². The highest BCUT2D eigenvalue weighted by atomic mass is 35.5. The smallest absolute Gasteiger partial charge is 0.420 e. The van der Waals surface area contributed by atoms with Crippen LogP contribution in [-0.2, 0) is 6.18 Å². The molecule has 3 aromatic carbocycles. The minimum absolute atomic E-state index is 0.00354. The summed E-state index contributed by atoms with van der Waals surface area (Å²) in [6.45, 7) is 11.8. The van der Waals surface area contributed by atoms with E-state index in [1.165, 1.54) is 37.1 Å². The van der Waals surface area contributed by atoms with E-state index in [-0.39, 0.29) is 22.1 Å². The molecule has 8 heteroatoms. The number of aryl methyl sites for hydroxylation is 2. The van der Waals surface area contributed by atoms with Gasteiger partial charge in [0.25, 0.3) is 0 Å². The van der Waals surface area contributed by atoms with E-state index in [1.807, 2.05) is 19.1 Å². The fraction of sp³-hybridized carbons (Fsp3) is 0.300. The van der Waals surface area contributed by atoms with Gasteiger partial charge in [0.1, 0.15) is 17.3 Å². The van der Waals surface area contributed by atoms with Gasteiger partial charge in [-0.2, -0.15) is 13.2 Å². The molecule has 204 valence electrons. The van der Waals surface area contributed by atoms with E-state index in [0.717, 1.165) is 29.5 Å². The molecule has 3 nitrogen and oxygen atoms in total. The van der Waals surface area contributed by atoms with E-state index in [4.69, 9.17) is 21.4 Å². The molecule has 0 bridgehead atoms. The van der Waals surface area contributed by atoms with Crippen LogP contribution in [0.3, 0.4) is 0 Å². The van der Waals surface area contributed by atoms with E-state index >= 15 is 0 Å². The second-order valence-corrected chi connectivity index (χ2v) is 9.72. The molecule has 4 rings (SSSR count). The van der Waals surface area contributed by atoms with Crippen molar-refractivity contribution in [2.45, 2.75) is 46.7 Å². The van der Waals surface area contributed by atoms with Gasteiger partial charge in [-0.05, 0) is 67.1 Å². The Kier molecular flexibility index (Phi) is 11.0. The van der Waals surface area contributed by atoms with Gasteiger partial charge in [0.2, 0.25) is 0 Å². The summed E-state index contributed by atoms with van der Waals surface area (Å²) in [4.78, 5) is 10.3. The zero-order chi connectivity index (χ0) is 28.6. The first-order valence-electron chi connectivity index (χ1n) is 12.0. The first-order chi connectivity index (χ1) is 17.7. The molecule has 0 saturated heterocycles. The van der Waals surface area contributed by atoms with Crippen molar-refractivity contribution < 1.29 is 32.2 Å². The first-order valence-corrected chi connectivity index (χ1v) is 12.4. The summed E-state index contributed by atoms with van der Waals surface area (Å²) >= 11 is 5.62. The Bertz CT molecular complexity index is 1260. The van der Waals surface area contributed by atoms with Crippen LogP contribution in [0.15, 0.2) is 67.2 Å². The van der Waals surface area contributed by atoms with Crippen molar-refractivity contribution in [2.24, 2.45) is 11.8 Å². The molecule has 0 heterocycles. The number of hydrogen-bond acceptors (Lipinski definition) is 2. The van der Waals surface area contributed by atoms with Gasteiger partial charge in [0.05, 0.1) is 11.1 Å². The molecule has 2 unspecified atom stereocenters. The lowest BCUT2D eigenvalue weighted by Crippen LogP contribution is -2.18. The molecule has 2 atom stereocenters. The molecular weight excluding hydrogens is 520 g/mol. The zero-order valence-electron chi connectivity index (χ0n) is 21.7. The Morgan fingerprint density at radius 3 is 2.05 bits per heavy atom. The summed E-state index contributed by atoms with van der Waals surface area (Å²) in [5.41, 5.74) is 1.03. The van der Waals surface area contributed by atoms with E-state index in [0.29, 0.717) is 11.1 Å². The number of carboxylic acids is 1. The fourth-order valence-electron chi connectivity index (χ4n) is 3.45. The number of rotatable bonds is 4. The Labute approximate surface area is 225 Å². The highest BCUT2D eigenvalue weighted by Crippen LogP contribution is 2.39. The second kappa shape index (κ2) is 13.5. The molecule has 1 saturated carbocycles. The monoisotopic (exact) mass is 550 g/mol. The fourth-order valence-corrected chi connectivity index (χ4v) is 3.62. The van der Waals surface area contributed by atoms with Gasteiger partial charge < -0.3 is 9.84 Å². The molecule has 0 aliphatic heterocycles. The maximum atomic E-state index is 13.0. The molecular formula is C30H31ClF4O3. The minimum Gasteiger partial charge on any atom is -0.478 e. The molecule has 0 spiro atoms. The Hall–Kier alpha value is -3.32. The van der Waals surface area contributed by atoms with Crippen molar-refractivity contribution in [1.29, 1.82) is 0 Å². The van der Waals surface area contributed by atoms with Crippen LogP contribution in [0.5, 0.6) is 5.75 Å². The van der Waals surface area contributed by atoms with Crippen molar-refractivity contribution in [1.82, 2.24) is 0 Å². The lowest BCUT2D eigenvalue weighted by Gasteiger charge is -2.29. The number of halogens is 5. The number of benzene rings is 3. The lowest BCUT2D eigenvalue weighted by molar-refractivity contribution is -0.138. The number of carbonyl (C=O) groups is 1. The van der Waals surface area contributed by atoms with Gasteiger partial charge in [-0.1, -0.05) is 75.2 Å². The van der Waals surface area contributed by atoms with Crippen LogP contribution < -0.4 is 4.74 Å². The molecule has 1 fully saturated rings. The number of ether oxygens (including phenoxy) is 1. The third-order valence-electron chi connectivity index (χ3n) is 6.39. The maximum Gasteiger partial charge on any atom is 0.420 e. The predicted octanol–water partition coefficient (Wildman–Crippen LogP) is 9.60. The summed E-state index contributed by atoms with van der Waals surface area (Å²) in [7, 11) is 0. The SMILES string of the molecule is C=C(Oc1ccc(Cl)cc1C(F)(F)F)c1ccccc1C.CC1CCC1C.Cc1ccc(C(=O)O)cc1F. The van der Waals surface area contributed by atoms with Gasteiger partial charge in [-0.25, -0.2) is 9.18 Å². The molecule has 0 radical (unpaired) electrons. The normalized spacial score (nSPS) is 16.1. The lowest BCUT2D eigenvalue weighted by atomic mass is 9.77. The van der Waals surface area contributed by atoms with Crippen molar-refractivity contribution >= 4 is 23.3 Å². The number of alkyl halides is 3. The third kappa shape index (κ3) is 8.91. The van der Waals surface area contributed by atoms with E-state index in [9.17, 15) is 22.4 Å². The largest absolute Gasteiger partial charge is 0.478 e. The first kappa shape index (κ1) is 30.9. The zero-order valence-corrected chi connectivity index (χ0v) is 22.5.